The van der Waals surface area contributed by atoms with Crippen molar-refractivity contribution in [3.63, 3.8) is 0 Å². The predicted molar refractivity (Wildman–Crippen MR) is 121 cm³/mol. The van der Waals surface area contributed by atoms with Crippen molar-refractivity contribution in [2.45, 2.75) is 40.2 Å². The molecule has 0 spiro atoms. The molecular weight excluding hydrogens is 451 g/mol. The molecule has 146 valence electrons. The molecule has 0 radical (unpaired) electrons. The maximum atomic E-state index is 5.64. The van der Waals surface area contributed by atoms with Gasteiger partial charge >= 0.3 is 0 Å². The van der Waals surface area contributed by atoms with Gasteiger partial charge in [-0.15, -0.1) is 24.0 Å². The molecular formula is C21H29IN4O. The summed E-state index contributed by atoms with van der Waals surface area (Å²) < 4.78 is 5.64. The minimum atomic E-state index is 0. The lowest BCUT2D eigenvalue weighted by molar-refractivity contribution is 0.374. The Morgan fingerprint density at radius 2 is 1.93 bits per heavy atom. The number of piperidine rings is 1. The van der Waals surface area contributed by atoms with Crippen LogP contribution in [0.5, 0.6) is 0 Å². The smallest absolute Gasteiger partial charge is 0.216 e. The molecule has 1 aromatic carbocycles. The van der Waals surface area contributed by atoms with E-state index in [4.69, 9.17) is 9.41 Å². The zero-order chi connectivity index (χ0) is 18.4. The number of halogens is 1. The summed E-state index contributed by atoms with van der Waals surface area (Å²) in [6, 6.07) is 10.5. The highest BCUT2D eigenvalue weighted by Crippen LogP contribution is 2.19. The molecule has 0 unspecified atom stereocenters. The number of likely N-dealkylation sites (tertiary alicyclic amines) is 1. The van der Waals surface area contributed by atoms with Crippen LogP contribution in [-0.4, -0.2) is 35.5 Å². The molecule has 1 aliphatic heterocycles. The fourth-order valence-corrected chi connectivity index (χ4v) is 3.11. The zero-order valence-electron chi connectivity index (χ0n) is 16.4. The first-order chi connectivity index (χ1) is 12.7. The fourth-order valence-electron chi connectivity index (χ4n) is 3.11. The number of benzene rings is 1. The van der Waals surface area contributed by atoms with E-state index >= 15 is 0 Å². The van der Waals surface area contributed by atoms with Crippen LogP contribution in [0.15, 0.2) is 45.3 Å². The van der Waals surface area contributed by atoms with Crippen LogP contribution in [0.3, 0.4) is 0 Å². The van der Waals surface area contributed by atoms with Crippen LogP contribution in [-0.2, 0) is 6.54 Å². The highest BCUT2D eigenvalue weighted by atomic mass is 127. The number of aliphatic imine (C=N–C) groups is 1. The van der Waals surface area contributed by atoms with Crippen molar-refractivity contribution >= 4 is 36.0 Å². The summed E-state index contributed by atoms with van der Waals surface area (Å²) in [4.78, 5) is 11.5. The predicted octanol–water partition coefficient (Wildman–Crippen LogP) is 4.55. The average Bonchev–Trinajstić information content (AvgIpc) is 2.98. The number of guanidine groups is 1. The van der Waals surface area contributed by atoms with E-state index in [2.05, 4.69) is 58.5 Å². The molecule has 0 bridgehead atoms. The van der Waals surface area contributed by atoms with Crippen molar-refractivity contribution in [2.24, 2.45) is 4.99 Å². The van der Waals surface area contributed by atoms with Crippen molar-refractivity contribution in [3.05, 3.63) is 58.8 Å². The van der Waals surface area contributed by atoms with Crippen molar-refractivity contribution < 1.29 is 4.42 Å². The van der Waals surface area contributed by atoms with Crippen molar-refractivity contribution in [1.29, 1.82) is 0 Å². The second-order valence-corrected chi connectivity index (χ2v) is 6.62. The van der Waals surface area contributed by atoms with E-state index < -0.39 is 0 Å². The van der Waals surface area contributed by atoms with Crippen molar-refractivity contribution in [2.75, 3.05) is 19.6 Å². The molecule has 0 aliphatic carbocycles. The van der Waals surface area contributed by atoms with Gasteiger partial charge in [-0.3, -0.25) is 0 Å². The molecule has 0 amide bonds. The van der Waals surface area contributed by atoms with E-state index in [-0.39, 0.29) is 24.0 Å². The number of hydrogen-bond donors (Lipinski definition) is 1. The number of aryl methyl sites for hydroxylation is 2. The first kappa shape index (κ1) is 21.5. The number of aromatic nitrogens is 1. The highest BCUT2D eigenvalue weighted by Gasteiger charge is 2.17. The Bertz CT molecular complexity index is 753. The molecule has 1 aromatic heterocycles. The van der Waals surface area contributed by atoms with Gasteiger partial charge in [0.25, 0.3) is 0 Å². The monoisotopic (exact) mass is 480 g/mol. The topological polar surface area (TPSA) is 53.7 Å². The van der Waals surface area contributed by atoms with Gasteiger partial charge in [-0.1, -0.05) is 42.0 Å². The Labute approximate surface area is 179 Å². The number of nitrogens with zero attached hydrogens (tertiary/aromatic N) is 3. The summed E-state index contributed by atoms with van der Waals surface area (Å²) in [5, 5.41) is 3.40. The summed E-state index contributed by atoms with van der Waals surface area (Å²) in [6.07, 6.45) is 4.45. The molecule has 6 heteroatoms. The molecule has 3 rings (SSSR count). The summed E-state index contributed by atoms with van der Waals surface area (Å²) in [7, 11) is 0. The van der Waals surface area contributed by atoms with Gasteiger partial charge in [-0.2, -0.15) is 0 Å². The lowest BCUT2D eigenvalue weighted by atomic mass is 10.0. The molecule has 1 fully saturated rings. The van der Waals surface area contributed by atoms with E-state index in [1.807, 2.05) is 13.8 Å². The standard InChI is InChI=1S/C21H28N4O.HI/c1-4-22-21(23-15-20-24-16(2)17(3)26-20)25-12-10-19(11-13-25)14-18-8-6-5-7-9-18;/h5-9,14H,4,10-13,15H2,1-3H3,(H,22,23);1H. The zero-order valence-corrected chi connectivity index (χ0v) is 18.7. The summed E-state index contributed by atoms with van der Waals surface area (Å²) in [5.41, 5.74) is 3.72. The van der Waals surface area contributed by atoms with E-state index in [1.54, 1.807) is 0 Å². The number of hydrogen-bond acceptors (Lipinski definition) is 3. The van der Waals surface area contributed by atoms with Gasteiger partial charge in [-0.25, -0.2) is 9.98 Å². The number of nitrogens with one attached hydrogen (secondary N) is 1. The largest absolute Gasteiger partial charge is 0.444 e. The van der Waals surface area contributed by atoms with Gasteiger partial charge in [0.1, 0.15) is 12.3 Å². The van der Waals surface area contributed by atoms with Gasteiger partial charge in [0.15, 0.2) is 5.96 Å². The molecule has 5 nitrogen and oxygen atoms in total. The van der Waals surface area contributed by atoms with Crippen molar-refractivity contribution in [1.82, 2.24) is 15.2 Å². The van der Waals surface area contributed by atoms with Gasteiger partial charge in [0.05, 0.1) is 5.69 Å². The fraction of sp³-hybridized carbons (Fsp3) is 0.429. The normalized spacial score (nSPS) is 14.7. The molecule has 0 atom stereocenters. The van der Waals surface area contributed by atoms with Gasteiger partial charge in [0.2, 0.25) is 5.89 Å². The molecule has 2 heterocycles. The Hall–Kier alpha value is -1.83. The molecule has 1 saturated heterocycles. The van der Waals surface area contributed by atoms with Crippen LogP contribution in [0.2, 0.25) is 0 Å². The molecule has 27 heavy (non-hydrogen) atoms. The van der Waals surface area contributed by atoms with E-state index in [1.165, 1.54) is 11.1 Å². The SMILES string of the molecule is CCNC(=NCc1nc(C)c(C)o1)N1CCC(=Cc2ccccc2)CC1.I. The first-order valence-corrected chi connectivity index (χ1v) is 9.36. The van der Waals surface area contributed by atoms with Crippen LogP contribution < -0.4 is 5.32 Å². The van der Waals surface area contributed by atoms with Gasteiger partial charge in [-0.05, 0) is 39.2 Å². The lowest BCUT2D eigenvalue weighted by Crippen LogP contribution is -2.44. The quantitative estimate of drug-likeness (QED) is 0.396. The second kappa shape index (κ2) is 10.5. The van der Waals surface area contributed by atoms with Crippen LogP contribution in [0.25, 0.3) is 6.08 Å². The van der Waals surface area contributed by atoms with Crippen LogP contribution in [0, 0.1) is 13.8 Å². The minimum Gasteiger partial charge on any atom is -0.444 e. The van der Waals surface area contributed by atoms with E-state index in [9.17, 15) is 0 Å². The third-order valence-corrected chi connectivity index (χ3v) is 4.65. The highest BCUT2D eigenvalue weighted by molar-refractivity contribution is 14.0. The average molecular weight is 480 g/mol. The van der Waals surface area contributed by atoms with Crippen LogP contribution >= 0.6 is 24.0 Å². The Kier molecular flexibility index (Phi) is 8.34. The molecule has 1 N–H and O–H groups in total. The first-order valence-electron chi connectivity index (χ1n) is 9.36. The summed E-state index contributed by atoms with van der Waals surface area (Å²) in [6.45, 7) is 9.28. The Balaban J connectivity index is 0.00000261. The number of rotatable bonds is 4. The van der Waals surface area contributed by atoms with Gasteiger partial charge in [0, 0.05) is 19.6 Å². The van der Waals surface area contributed by atoms with Gasteiger partial charge < -0.3 is 14.6 Å². The maximum Gasteiger partial charge on any atom is 0.216 e. The summed E-state index contributed by atoms with van der Waals surface area (Å²) in [5.74, 6) is 2.49. The van der Waals surface area contributed by atoms with Crippen LogP contribution in [0.1, 0.15) is 42.7 Å². The van der Waals surface area contributed by atoms with E-state index in [0.717, 1.165) is 49.9 Å². The van der Waals surface area contributed by atoms with Crippen LogP contribution in [0.4, 0.5) is 0 Å². The third-order valence-electron chi connectivity index (χ3n) is 4.65. The van der Waals surface area contributed by atoms with E-state index in [0.29, 0.717) is 12.4 Å². The molecule has 2 aromatic rings. The second-order valence-electron chi connectivity index (χ2n) is 6.62. The summed E-state index contributed by atoms with van der Waals surface area (Å²) >= 11 is 0. The third kappa shape index (κ3) is 6.09. The molecule has 1 aliphatic rings. The lowest BCUT2D eigenvalue weighted by Gasteiger charge is -2.31. The number of oxazole rings is 1. The maximum absolute atomic E-state index is 5.64. The Morgan fingerprint density at radius 3 is 2.52 bits per heavy atom. The Morgan fingerprint density at radius 1 is 1.22 bits per heavy atom. The minimum absolute atomic E-state index is 0. The van der Waals surface area contributed by atoms with Crippen molar-refractivity contribution in [3.8, 4) is 0 Å². The molecule has 0 saturated carbocycles.